The first-order valence-corrected chi connectivity index (χ1v) is 6.02. The zero-order valence-corrected chi connectivity index (χ0v) is 11.1. The molecule has 0 aliphatic heterocycles. The molecule has 5 heteroatoms. The Kier molecular flexibility index (Phi) is 5.38. The Morgan fingerprint density at radius 2 is 2.24 bits per heavy atom. The lowest BCUT2D eigenvalue weighted by atomic mass is 10.3. The van der Waals surface area contributed by atoms with Gasteiger partial charge in [-0.05, 0) is 18.6 Å². The van der Waals surface area contributed by atoms with Crippen LogP contribution in [0.25, 0.3) is 0 Å². The number of hydrogen-bond acceptors (Lipinski definition) is 3. The molecule has 1 aromatic heterocycles. The predicted molar refractivity (Wildman–Crippen MR) is 70.4 cm³/mol. The normalized spacial score (nSPS) is 10.6. The van der Waals surface area contributed by atoms with Crippen LogP contribution < -0.4 is 10.6 Å². The van der Waals surface area contributed by atoms with Crippen LogP contribution in [-0.2, 0) is 4.79 Å². The SMILES string of the molecule is Cc1cc(NC(=O)CCNC(C)C)cnc1Cl. The minimum atomic E-state index is -0.0262. The maximum atomic E-state index is 11.6. The summed E-state index contributed by atoms with van der Waals surface area (Å²) >= 11 is 5.80. The molecule has 0 unspecified atom stereocenters. The van der Waals surface area contributed by atoms with Gasteiger partial charge in [-0.15, -0.1) is 0 Å². The van der Waals surface area contributed by atoms with Gasteiger partial charge >= 0.3 is 0 Å². The standard InChI is InChI=1S/C12H18ClN3O/c1-8(2)14-5-4-11(17)16-10-6-9(3)12(13)15-7-10/h6-8,14H,4-5H2,1-3H3,(H,16,17). The lowest BCUT2D eigenvalue weighted by molar-refractivity contribution is -0.116. The third-order valence-electron chi connectivity index (χ3n) is 2.20. The van der Waals surface area contributed by atoms with Crippen LogP contribution in [0, 0.1) is 6.92 Å². The van der Waals surface area contributed by atoms with Gasteiger partial charge in [-0.1, -0.05) is 25.4 Å². The number of amides is 1. The summed E-state index contributed by atoms with van der Waals surface area (Å²) in [5.41, 5.74) is 1.53. The highest BCUT2D eigenvalue weighted by atomic mass is 35.5. The maximum Gasteiger partial charge on any atom is 0.225 e. The average Bonchev–Trinajstić information content (AvgIpc) is 2.23. The van der Waals surface area contributed by atoms with Crippen LogP contribution in [0.15, 0.2) is 12.3 Å². The molecule has 0 saturated heterocycles. The topological polar surface area (TPSA) is 54.0 Å². The zero-order chi connectivity index (χ0) is 12.8. The van der Waals surface area contributed by atoms with E-state index >= 15 is 0 Å². The second-order valence-corrected chi connectivity index (χ2v) is 4.60. The number of carbonyl (C=O) groups is 1. The summed E-state index contributed by atoms with van der Waals surface area (Å²) in [5.74, 6) is -0.0262. The summed E-state index contributed by atoms with van der Waals surface area (Å²) in [6.07, 6.45) is 2.00. The molecule has 0 saturated carbocycles. The number of nitrogens with zero attached hydrogens (tertiary/aromatic N) is 1. The molecule has 0 aromatic carbocycles. The summed E-state index contributed by atoms with van der Waals surface area (Å²) in [5, 5.41) is 6.43. The third kappa shape index (κ3) is 5.15. The van der Waals surface area contributed by atoms with E-state index in [1.165, 1.54) is 0 Å². The van der Waals surface area contributed by atoms with Gasteiger partial charge in [0.25, 0.3) is 0 Å². The molecular weight excluding hydrogens is 238 g/mol. The number of anilines is 1. The molecule has 1 rings (SSSR count). The van der Waals surface area contributed by atoms with Crippen molar-refractivity contribution in [1.29, 1.82) is 0 Å². The van der Waals surface area contributed by atoms with Gasteiger partial charge in [-0.2, -0.15) is 0 Å². The molecule has 0 spiro atoms. The van der Waals surface area contributed by atoms with Crippen LogP contribution >= 0.6 is 11.6 Å². The van der Waals surface area contributed by atoms with Gasteiger partial charge in [-0.3, -0.25) is 4.79 Å². The number of hydrogen-bond donors (Lipinski definition) is 2. The number of pyridine rings is 1. The number of halogens is 1. The summed E-state index contributed by atoms with van der Waals surface area (Å²) in [6.45, 7) is 6.61. The molecule has 0 aliphatic rings. The van der Waals surface area contributed by atoms with Crippen molar-refractivity contribution < 1.29 is 4.79 Å². The van der Waals surface area contributed by atoms with Crippen LogP contribution in [0.1, 0.15) is 25.8 Å². The van der Waals surface area contributed by atoms with Crippen molar-refractivity contribution in [2.75, 3.05) is 11.9 Å². The van der Waals surface area contributed by atoms with Crippen molar-refractivity contribution in [3.05, 3.63) is 23.0 Å². The second-order valence-electron chi connectivity index (χ2n) is 4.24. The Labute approximate surface area is 107 Å². The Balaban J connectivity index is 2.42. The van der Waals surface area contributed by atoms with Crippen molar-refractivity contribution >= 4 is 23.2 Å². The van der Waals surface area contributed by atoms with Gasteiger partial charge in [0.2, 0.25) is 5.91 Å². The first-order valence-electron chi connectivity index (χ1n) is 5.64. The molecule has 0 bridgehead atoms. The summed E-state index contributed by atoms with van der Waals surface area (Å²) < 4.78 is 0. The number of aryl methyl sites for hydroxylation is 1. The van der Waals surface area contributed by atoms with E-state index < -0.39 is 0 Å². The Morgan fingerprint density at radius 1 is 1.53 bits per heavy atom. The summed E-state index contributed by atoms with van der Waals surface area (Å²) in [7, 11) is 0. The quantitative estimate of drug-likeness (QED) is 0.795. The Bertz CT molecular complexity index is 393. The minimum absolute atomic E-state index is 0.0262. The zero-order valence-electron chi connectivity index (χ0n) is 10.4. The van der Waals surface area contributed by atoms with Gasteiger partial charge in [0.1, 0.15) is 5.15 Å². The van der Waals surface area contributed by atoms with Crippen LogP contribution in [0.3, 0.4) is 0 Å². The lowest BCUT2D eigenvalue weighted by Gasteiger charge is -2.09. The molecule has 94 valence electrons. The van der Waals surface area contributed by atoms with Gasteiger partial charge in [0, 0.05) is 19.0 Å². The highest BCUT2D eigenvalue weighted by Crippen LogP contribution is 2.15. The van der Waals surface area contributed by atoms with Crippen LogP contribution in [0.2, 0.25) is 5.15 Å². The van der Waals surface area contributed by atoms with Gasteiger partial charge in [0.05, 0.1) is 11.9 Å². The largest absolute Gasteiger partial charge is 0.325 e. The Morgan fingerprint density at radius 3 is 2.82 bits per heavy atom. The van der Waals surface area contributed by atoms with Gasteiger partial charge < -0.3 is 10.6 Å². The number of nitrogens with one attached hydrogen (secondary N) is 2. The molecule has 17 heavy (non-hydrogen) atoms. The van der Waals surface area contributed by atoms with Crippen LogP contribution in [0.4, 0.5) is 5.69 Å². The summed E-state index contributed by atoms with van der Waals surface area (Å²) in [6, 6.07) is 2.20. The van der Waals surface area contributed by atoms with Crippen molar-refractivity contribution in [2.45, 2.75) is 33.2 Å². The summed E-state index contributed by atoms with van der Waals surface area (Å²) in [4.78, 5) is 15.6. The molecule has 1 amide bonds. The molecular formula is C12H18ClN3O. The molecule has 0 aliphatic carbocycles. The van der Waals surface area contributed by atoms with Crippen molar-refractivity contribution in [2.24, 2.45) is 0 Å². The van der Waals surface area contributed by atoms with Crippen molar-refractivity contribution in [1.82, 2.24) is 10.3 Å². The molecule has 4 nitrogen and oxygen atoms in total. The van der Waals surface area contributed by atoms with E-state index in [0.29, 0.717) is 29.8 Å². The van der Waals surface area contributed by atoms with E-state index in [-0.39, 0.29) is 5.91 Å². The fraction of sp³-hybridized carbons (Fsp3) is 0.500. The highest BCUT2D eigenvalue weighted by molar-refractivity contribution is 6.30. The monoisotopic (exact) mass is 255 g/mol. The smallest absolute Gasteiger partial charge is 0.225 e. The third-order valence-corrected chi connectivity index (χ3v) is 2.60. The van der Waals surface area contributed by atoms with E-state index in [1.807, 2.05) is 26.8 Å². The second kappa shape index (κ2) is 6.57. The van der Waals surface area contributed by atoms with E-state index in [4.69, 9.17) is 11.6 Å². The first kappa shape index (κ1) is 13.9. The van der Waals surface area contributed by atoms with E-state index in [9.17, 15) is 4.79 Å². The van der Waals surface area contributed by atoms with E-state index in [0.717, 1.165) is 5.56 Å². The average molecular weight is 256 g/mol. The van der Waals surface area contributed by atoms with E-state index in [2.05, 4.69) is 15.6 Å². The highest BCUT2D eigenvalue weighted by Gasteiger charge is 2.04. The van der Waals surface area contributed by atoms with Crippen LogP contribution in [-0.4, -0.2) is 23.5 Å². The molecule has 2 N–H and O–H groups in total. The predicted octanol–water partition coefficient (Wildman–Crippen LogP) is 2.37. The minimum Gasteiger partial charge on any atom is -0.325 e. The maximum absolute atomic E-state index is 11.6. The molecule has 0 radical (unpaired) electrons. The number of aromatic nitrogens is 1. The Hall–Kier alpha value is -1.13. The molecule has 0 fully saturated rings. The fourth-order valence-electron chi connectivity index (χ4n) is 1.32. The van der Waals surface area contributed by atoms with Gasteiger partial charge in [0.15, 0.2) is 0 Å². The number of rotatable bonds is 5. The first-order chi connectivity index (χ1) is 7.99. The van der Waals surface area contributed by atoms with E-state index in [1.54, 1.807) is 6.20 Å². The number of carbonyl (C=O) groups excluding carboxylic acids is 1. The van der Waals surface area contributed by atoms with Crippen molar-refractivity contribution in [3.63, 3.8) is 0 Å². The van der Waals surface area contributed by atoms with Gasteiger partial charge in [-0.25, -0.2) is 4.98 Å². The van der Waals surface area contributed by atoms with Crippen molar-refractivity contribution in [3.8, 4) is 0 Å². The fourth-order valence-corrected chi connectivity index (χ4v) is 1.43. The van der Waals surface area contributed by atoms with Crippen LogP contribution in [0.5, 0.6) is 0 Å². The molecule has 0 atom stereocenters. The molecule has 1 aromatic rings. The molecule has 1 heterocycles. The lowest BCUT2D eigenvalue weighted by Crippen LogP contribution is -2.27.